The first kappa shape index (κ1) is 13.7. The number of hydrogen-bond acceptors (Lipinski definition) is 2. The Bertz CT molecular complexity index is 650. The van der Waals surface area contributed by atoms with Crippen LogP contribution in [0.3, 0.4) is 0 Å². The largest absolute Gasteiger partial charge is 0.380 e. The number of nitrogens with zero attached hydrogens (tertiary/aromatic N) is 1. The van der Waals surface area contributed by atoms with Crippen molar-refractivity contribution in [3.05, 3.63) is 63.4 Å². The molecule has 0 aliphatic carbocycles. The molecule has 0 spiro atoms. The summed E-state index contributed by atoms with van der Waals surface area (Å²) >= 11 is 11.7. The van der Waals surface area contributed by atoms with Crippen LogP contribution in [-0.2, 0) is 6.54 Å². The summed E-state index contributed by atoms with van der Waals surface area (Å²) in [5.74, 6) is -0.465. The standard InChI is InChI=1S/C14H9Cl2FN2/c15-11-5-4-9(7-18)13(6-11)19-8-10-2-1-3-12(17)14(10)16/h1-6,19H,8H2. The van der Waals surface area contributed by atoms with E-state index in [2.05, 4.69) is 11.4 Å². The fourth-order valence-corrected chi connectivity index (χ4v) is 2.00. The third kappa shape index (κ3) is 3.17. The summed E-state index contributed by atoms with van der Waals surface area (Å²) in [5.41, 5.74) is 1.68. The van der Waals surface area contributed by atoms with Gasteiger partial charge in [-0.05, 0) is 29.8 Å². The van der Waals surface area contributed by atoms with Crippen LogP contribution < -0.4 is 5.32 Å². The minimum absolute atomic E-state index is 0.0792. The molecule has 2 aromatic rings. The average molecular weight is 295 g/mol. The van der Waals surface area contributed by atoms with Crippen LogP contribution in [0.2, 0.25) is 10.0 Å². The molecule has 5 heteroatoms. The molecule has 0 aliphatic rings. The van der Waals surface area contributed by atoms with Gasteiger partial charge in [-0.15, -0.1) is 0 Å². The van der Waals surface area contributed by atoms with E-state index in [9.17, 15) is 4.39 Å². The second-order valence-corrected chi connectivity index (χ2v) is 4.68. The molecule has 19 heavy (non-hydrogen) atoms. The van der Waals surface area contributed by atoms with Crippen molar-refractivity contribution >= 4 is 28.9 Å². The van der Waals surface area contributed by atoms with E-state index in [-0.39, 0.29) is 5.02 Å². The number of anilines is 1. The molecule has 0 fully saturated rings. The molecule has 0 saturated carbocycles. The molecular formula is C14H9Cl2FN2. The molecule has 0 saturated heterocycles. The van der Waals surface area contributed by atoms with Crippen molar-refractivity contribution in [1.82, 2.24) is 0 Å². The predicted molar refractivity (Wildman–Crippen MR) is 74.9 cm³/mol. The smallest absolute Gasteiger partial charge is 0.142 e. The van der Waals surface area contributed by atoms with Crippen molar-refractivity contribution in [2.75, 3.05) is 5.32 Å². The van der Waals surface area contributed by atoms with Crippen molar-refractivity contribution < 1.29 is 4.39 Å². The van der Waals surface area contributed by atoms with Gasteiger partial charge in [-0.25, -0.2) is 4.39 Å². The minimum Gasteiger partial charge on any atom is -0.380 e. The molecular weight excluding hydrogens is 286 g/mol. The number of hydrogen-bond donors (Lipinski definition) is 1. The lowest BCUT2D eigenvalue weighted by atomic mass is 10.1. The first-order chi connectivity index (χ1) is 9.11. The lowest BCUT2D eigenvalue weighted by Gasteiger charge is -2.10. The number of nitrogens with one attached hydrogen (secondary N) is 1. The predicted octanol–water partition coefficient (Wildman–Crippen LogP) is 4.62. The summed E-state index contributed by atoms with van der Waals surface area (Å²) in [4.78, 5) is 0. The molecule has 0 amide bonds. The highest BCUT2D eigenvalue weighted by molar-refractivity contribution is 6.31. The summed E-state index contributed by atoms with van der Waals surface area (Å²) in [6.07, 6.45) is 0. The van der Waals surface area contributed by atoms with Crippen molar-refractivity contribution in [3.8, 4) is 6.07 Å². The Balaban J connectivity index is 2.21. The summed E-state index contributed by atoms with van der Waals surface area (Å²) in [5, 5.41) is 12.6. The van der Waals surface area contributed by atoms with Gasteiger partial charge in [-0.1, -0.05) is 35.3 Å². The maximum absolute atomic E-state index is 13.3. The van der Waals surface area contributed by atoms with E-state index < -0.39 is 5.82 Å². The van der Waals surface area contributed by atoms with Gasteiger partial charge in [0.2, 0.25) is 0 Å². The Morgan fingerprint density at radius 3 is 2.74 bits per heavy atom. The highest BCUT2D eigenvalue weighted by atomic mass is 35.5. The summed E-state index contributed by atoms with van der Waals surface area (Å²) in [7, 11) is 0. The van der Waals surface area contributed by atoms with Crippen molar-refractivity contribution in [2.24, 2.45) is 0 Å². The second-order valence-electron chi connectivity index (χ2n) is 3.87. The molecule has 0 unspecified atom stereocenters. The molecule has 0 aromatic heterocycles. The van der Waals surface area contributed by atoms with Crippen LogP contribution in [0.15, 0.2) is 36.4 Å². The third-order valence-corrected chi connectivity index (χ3v) is 3.26. The maximum atomic E-state index is 13.3. The topological polar surface area (TPSA) is 35.8 Å². The van der Waals surface area contributed by atoms with Gasteiger partial charge in [0.15, 0.2) is 0 Å². The Labute approximate surface area is 120 Å². The van der Waals surface area contributed by atoms with Crippen LogP contribution in [0.1, 0.15) is 11.1 Å². The Morgan fingerprint density at radius 2 is 2.00 bits per heavy atom. The van der Waals surface area contributed by atoms with Crippen LogP contribution in [0.25, 0.3) is 0 Å². The lowest BCUT2D eigenvalue weighted by molar-refractivity contribution is 0.626. The van der Waals surface area contributed by atoms with Gasteiger partial charge in [-0.2, -0.15) is 5.26 Å². The molecule has 0 atom stereocenters. The summed E-state index contributed by atoms with van der Waals surface area (Å²) in [6.45, 7) is 0.311. The fraction of sp³-hybridized carbons (Fsp3) is 0.0714. The summed E-state index contributed by atoms with van der Waals surface area (Å²) in [6, 6.07) is 11.6. The zero-order valence-electron chi connectivity index (χ0n) is 9.75. The van der Waals surface area contributed by atoms with E-state index in [0.717, 1.165) is 0 Å². The zero-order chi connectivity index (χ0) is 13.8. The molecule has 0 heterocycles. The lowest BCUT2D eigenvalue weighted by Crippen LogP contribution is -2.02. The third-order valence-electron chi connectivity index (χ3n) is 2.60. The van der Waals surface area contributed by atoms with Crippen LogP contribution >= 0.6 is 23.2 Å². The van der Waals surface area contributed by atoms with Crippen LogP contribution in [-0.4, -0.2) is 0 Å². The highest BCUT2D eigenvalue weighted by Gasteiger charge is 2.07. The SMILES string of the molecule is N#Cc1ccc(Cl)cc1NCc1cccc(F)c1Cl. The first-order valence-electron chi connectivity index (χ1n) is 5.48. The van der Waals surface area contributed by atoms with Gasteiger partial charge >= 0.3 is 0 Å². The second kappa shape index (κ2) is 5.92. The van der Waals surface area contributed by atoms with E-state index in [0.29, 0.717) is 28.4 Å². The number of benzene rings is 2. The van der Waals surface area contributed by atoms with E-state index in [1.807, 2.05) is 0 Å². The number of rotatable bonds is 3. The number of halogens is 3. The molecule has 0 bridgehead atoms. The zero-order valence-corrected chi connectivity index (χ0v) is 11.3. The molecule has 2 nitrogen and oxygen atoms in total. The molecule has 1 N–H and O–H groups in total. The van der Waals surface area contributed by atoms with E-state index >= 15 is 0 Å². The van der Waals surface area contributed by atoms with Gasteiger partial charge in [0.25, 0.3) is 0 Å². The van der Waals surface area contributed by atoms with Crippen molar-refractivity contribution in [3.63, 3.8) is 0 Å². The van der Waals surface area contributed by atoms with E-state index in [1.165, 1.54) is 6.07 Å². The van der Waals surface area contributed by atoms with Gasteiger partial charge in [-0.3, -0.25) is 0 Å². The van der Waals surface area contributed by atoms with Gasteiger partial charge in [0.1, 0.15) is 11.9 Å². The monoisotopic (exact) mass is 294 g/mol. The van der Waals surface area contributed by atoms with Crippen molar-refractivity contribution in [2.45, 2.75) is 6.54 Å². The first-order valence-corrected chi connectivity index (χ1v) is 6.24. The maximum Gasteiger partial charge on any atom is 0.142 e. The van der Waals surface area contributed by atoms with Crippen LogP contribution in [0, 0.1) is 17.1 Å². The summed E-state index contributed by atoms with van der Waals surface area (Å²) < 4.78 is 13.3. The van der Waals surface area contributed by atoms with Gasteiger partial charge < -0.3 is 5.32 Å². The van der Waals surface area contributed by atoms with Crippen molar-refractivity contribution in [1.29, 1.82) is 5.26 Å². The Hall–Kier alpha value is -1.76. The Morgan fingerprint density at radius 1 is 1.21 bits per heavy atom. The van der Waals surface area contributed by atoms with Gasteiger partial charge in [0.05, 0.1) is 16.3 Å². The van der Waals surface area contributed by atoms with Crippen LogP contribution in [0.5, 0.6) is 0 Å². The fourth-order valence-electron chi connectivity index (χ4n) is 1.64. The van der Waals surface area contributed by atoms with Gasteiger partial charge in [0, 0.05) is 11.6 Å². The number of nitriles is 1. The molecule has 96 valence electrons. The molecule has 0 radical (unpaired) electrons. The highest BCUT2D eigenvalue weighted by Crippen LogP contribution is 2.24. The Kier molecular flexibility index (Phi) is 4.26. The molecule has 2 aromatic carbocycles. The van der Waals surface area contributed by atoms with E-state index in [4.69, 9.17) is 28.5 Å². The molecule has 0 aliphatic heterocycles. The quantitative estimate of drug-likeness (QED) is 0.897. The molecule has 2 rings (SSSR count). The minimum atomic E-state index is -0.465. The normalized spacial score (nSPS) is 10.0. The average Bonchev–Trinajstić information content (AvgIpc) is 2.40. The van der Waals surface area contributed by atoms with E-state index in [1.54, 1.807) is 30.3 Å². The van der Waals surface area contributed by atoms with Crippen LogP contribution in [0.4, 0.5) is 10.1 Å².